The molecule has 0 unspecified atom stereocenters. The van der Waals surface area contributed by atoms with Crippen LogP contribution in [0.5, 0.6) is 5.75 Å². The van der Waals surface area contributed by atoms with Gasteiger partial charge in [-0.15, -0.1) is 0 Å². The Balaban J connectivity index is 1.41. The van der Waals surface area contributed by atoms with Crippen LogP contribution in [-0.2, 0) is 19.9 Å². The maximum Gasteiger partial charge on any atom is 0.258 e. The number of piperidine rings is 1. The van der Waals surface area contributed by atoms with E-state index in [1.54, 1.807) is 41.2 Å². The van der Waals surface area contributed by atoms with Crippen LogP contribution in [-0.4, -0.2) is 51.2 Å². The molecule has 3 aromatic rings. The molecule has 2 aromatic heterocycles. The van der Waals surface area contributed by atoms with Crippen LogP contribution in [0.1, 0.15) is 12.8 Å². The van der Waals surface area contributed by atoms with Gasteiger partial charge >= 0.3 is 0 Å². The Kier molecular flexibility index (Phi) is 6.26. The van der Waals surface area contributed by atoms with Gasteiger partial charge in [-0.1, -0.05) is 0 Å². The second-order valence-corrected chi connectivity index (χ2v) is 12.3. The van der Waals surface area contributed by atoms with E-state index in [1.165, 1.54) is 38.4 Å². The predicted molar refractivity (Wildman–Crippen MR) is 122 cm³/mol. The number of sulfonamides is 1. The topological polar surface area (TPSA) is 103 Å². The fourth-order valence-electron chi connectivity index (χ4n) is 3.53. The highest BCUT2D eigenvalue weighted by Gasteiger charge is 2.30. The molecule has 1 aliphatic heterocycles. The standard InChI is InChI=1S/C21H22N2O6S3/c1-31(25,26)19-4-2-16(3-5-19)23-12-8-18(14-21(23)24)29-17-6-10-22(11-7-17)32(27,28)20-9-13-30-15-20/h2-5,8-9,12-15,17H,6-7,10-11H2,1H3. The number of rotatable bonds is 6. The van der Waals surface area contributed by atoms with Crippen LogP contribution >= 0.6 is 11.3 Å². The number of sulfone groups is 1. The van der Waals surface area contributed by atoms with E-state index in [0.717, 1.165) is 6.26 Å². The smallest absolute Gasteiger partial charge is 0.258 e. The van der Waals surface area contributed by atoms with Crippen molar-refractivity contribution in [3.8, 4) is 11.4 Å². The summed E-state index contributed by atoms with van der Waals surface area (Å²) in [6.45, 7) is 0.708. The first-order valence-corrected chi connectivity index (χ1v) is 14.1. The van der Waals surface area contributed by atoms with Crippen LogP contribution in [0.4, 0.5) is 0 Å². The minimum Gasteiger partial charge on any atom is -0.490 e. The molecule has 170 valence electrons. The van der Waals surface area contributed by atoms with E-state index in [9.17, 15) is 21.6 Å². The molecule has 1 saturated heterocycles. The zero-order valence-corrected chi connectivity index (χ0v) is 19.7. The first-order chi connectivity index (χ1) is 15.1. The Hall–Kier alpha value is -2.47. The van der Waals surface area contributed by atoms with Crippen LogP contribution in [0.3, 0.4) is 0 Å². The summed E-state index contributed by atoms with van der Waals surface area (Å²) in [5, 5.41) is 3.37. The third-order valence-corrected chi connectivity index (χ3v) is 9.13. The minimum absolute atomic E-state index is 0.182. The summed E-state index contributed by atoms with van der Waals surface area (Å²) in [6, 6.07) is 10.7. The van der Waals surface area contributed by atoms with Crippen molar-refractivity contribution >= 4 is 31.2 Å². The molecule has 0 aliphatic carbocycles. The second-order valence-electron chi connectivity index (χ2n) is 7.52. The lowest BCUT2D eigenvalue weighted by Crippen LogP contribution is -2.41. The fraction of sp³-hybridized carbons (Fsp3) is 0.286. The Bertz CT molecular complexity index is 1350. The van der Waals surface area contributed by atoms with E-state index in [-0.39, 0.29) is 16.6 Å². The highest BCUT2D eigenvalue weighted by Crippen LogP contribution is 2.24. The van der Waals surface area contributed by atoms with E-state index in [1.807, 2.05) is 0 Å². The number of pyridine rings is 1. The average molecular weight is 495 g/mol. The largest absolute Gasteiger partial charge is 0.490 e. The molecule has 1 fully saturated rings. The maximum atomic E-state index is 12.6. The van der Waals surface area contributed by atoms with Crippen LogP contribution in [0.15, 0.2) is 74.0 Å². The maximum absolute atomic E-state index is 12.6. The summed E-state index contributed by atoms with van der Waals surface area (Å²) < 4.78 is 57.2. The lowest BCUT2D eigenvalue weighted by molar-refractivity contribution is 0.135. The number of ether oxygens (including phenoxy) is 1. The van der Waals surface area contributed by atoms with Gasteiger partial charge < -0.3 is 4.74 Å². The summed E-state index contributed by atoms with van der Waals surface area (Å²) in [5.41, 5.74) is 0.230. The van der Waals surface area contributed by atoms with Crippen LogP contribution in [0.2, 0.25) is 0 Å². The molecule has 0 saturated carbocycles. The second kappa shape index (κ2) is 8.81. The lowest BCUT2D eigenvalue weighted by Gasteiger charge is -2.31. The SMILES string of the molecule is CS(=O)(=O)c1ccc(-n2ccc(OC3CCN(S(=O)(=O)c4ccsc4)CC3)cc2=O)cc1. The summed E-state index contributed by atoms with van der Waals surface area (Å²) in [6.07, 6.45) is 3.57. The van der Waals surface area contributed by atoms with Crippen molar-refractivity contribution in [1.29, 1.82) is 0 Å². The van der Waals surface area contributed by atoms with Gasteiger partial charge in [0.1, 0.15) is 11.9 Å². The number of benzene rings is 1. The van der Waals surface area contributed by atoms with Gasteiger partial charge in [0.25, 0.3) is 5.56 Å². The number of hydrogen-bond acceptors (Lipinski definition) is 7. The van der Waals surface area contributed by atoms with Crippen molar-refractivity contribution in [2.24, 2.45) is 0 Å². The van der Waals surface area contributed by atoms with Gasteiger partial charge in [-0.05, 0) is 54.6 Å². The molecule has 0 amide bonds. The summed E-state index contributed by atoms with van der Waals surface area (Å²) in [4.78, 5) is 13.1. The third kappa shape index (κ3) is 4.80. The molecular formula is C21H22N2O6S3. The molecule has 0 radical (unpaired) electrons. The minimum atomic E-state index is -3.47. The van der Waals surface area contributed by atoms with Crippen molar-refractivity contribution in [2.45, 2.75) is 28.7 Å². The van der Waals surface area contributed by atoms with Gasteiger partial charge in [-0.25, -0.2) is 16.8 Å². The molecule has 0 N–H and O–H groups in total. The number of hydrogen-bond donors (Lipinski definition) is 0. The Morgan fingerprint density at radius 2 is 1.66 bits per heavy atom. The van der Waals surface area contributed by atoms with Crippen molar-refractivity contribution in [2.75, 3.05) is 19.3 Å². The first kappa shape index (κ1) is 22.7. The van der Waals surface area contributed by atoms with Crippen molar-refractivity contribution < 1.29 is 21.6 Å². The number of thiophene rings is 1. The first-order valence-electron chi connectivity index (χ1n) is 9.87. The molecule has 1 aliphatic rings. The molecule has 0 bridgehead atoms. The normalized spacial score (nSPS) is 16.2. The Morgan fingerprint density at radius 3 is 2.22 bits per heavy atom. The number of aromatic nitrogens is 1. The van der Waals surface area contributed by atoms with Gasteiger partial charge in [-0.3, -0.25) is 9.36 Å². The monoisotopic (exact) mass is 494 g/mol. The molecule has 11 heteroatoms. The molecule has 0 spiro atoms. The molecule has 1 aromatic carbocycles. The summed E-state index contributed by atoms with van der Waals surface area (Å²) >= 11 is 1.35. The predicted octanol–water partition coefficient (Wildman–Crippen LogP) is 2.53. The van der Waals surface area contributed by atoms with E-state index in [0.29, 0.717) is 42.3 Å². The van der Waals surface area contributed by atoms with Crippen molar-refractivity contribution in [1.82, 2.24) is 8.87 Å². The number of nitrogens with zero attached hydrogens (tertiary/aromatic N) is 2. The van der Waals surface area contributed by atoms with Gasteiger partial charge in [0.05, 0.1) is 9.79 Å². The van der Waals surface area contributed by atoms with Crippen molar-refractivity contribution in [3.63, 3.8) is 0 Å². The van der Waals surface area contributed by atoms with E-state index >= 15 is 0 Å². The molecule has 4 rings (SSSR count). The zero-order chi connectivity index (χ0) is 22.9. The van der Waals surface area contributed by atoms with E-state index in [4.69, 9.17) is 4.74 Å². The fourth-order valence-corrected chi connectivity index (χ4v) is 6.65. The highest BCUT2D eigenvalue weighted by atomic mass is 32.2. The average Bonchev–Trinajstić information content (AvgIpc) is 3.30. The zero-order valence-electron chi connectivity index (χ0n) is 17.2. The molecule has 0 atom stereocenters. The van der Waals surface area contributed by atoms with Gasteiger partial charge in [0.15, 0.2) is 9.84 Å². The highest BCUT2D eigenvalue weighted by molar-refractivity contribution is 7.90. The summed E-state index contributed by atoms with van der Waals surface area (Å²) in [5.74, 6) is 0.415. The van der Waals surface area contributed by atoms with Gasteiger partial charge in [-0.2, -0.15) is 15.6 Å². The van der Waals surface area contributed by atoms with Gasteiger partial charge in [0.2, 0.25) is 10.0 Å². The molecule has 3 heterocycles. The Labute approximate surface area is 190 Å². The molecule has 32 heavy (non-hydrogen) atoms. The molecule has 8 nitrogen and oxygen atoms in total. The lowest BCUT2D eigenvalue weighted by atomic mass is 10.1. The van der Waals surface area contributed by atoms with Crippen LogP contribution in [0, 0.1) is 0 Å². The molecular weight excluding hydrogens is 472 g/mol. The van der Waals surface area contributed by atoms with Crippen LogP contribution < -0.4 is 10.3 Å². The quantitative estimate of drug-likeness (QED) is 0.522. The summed E-state index contributed by atoms with van der Waals surface area (Å²) in [7, 11) is -6.78. The van der Waals surface area contributed by atoms with E-state index in [2.05, 4.69) is 0 Å². The van der Waals surface area contributed by atoms with Crippen LogP contribution in [0.25, 0.3) is 5.69 Å². The van der Waals surface area contributed by atoms with Gasteiger partial charge in [0, 0.05) is 42.7 Å². The third-order valence-electron chi connectivity index (χ3n) is 5.27. The van der Waals surface area contributed by atoms with Crippen molar-refractivity contribution in [3.05, 3.63) is 69.8 Å². The van der Waals surface area contributed by atoms with E-state index < -0.39 is 19.9 Å². The Morgan fingerprint density at radius 1 is 0.969 bits per heavy atom.